The van der Waals surface area contributed by atoms with Gasteiger partial charge in [0.1, 0.15) is 0 Å². The molecule has 100 valence electrons. The first-order chi connectivity index (χ1) is 7.80. The molecule has 0 saturated carbocycles. The molecule has 0 bridgehead atoms. The minimum atomic E-state index is -3.69. The van der Waals surface area contributed by atoms with Crippen LogP contribution in [0.4, 0.5) is 0 Å². The Morgan fingerprint density at radius 2 is 2.00 bits per heavy atom. The topological polar surface area (TPSA) is 77.4 Å². The summed E-state index contributed by atoms with van der Waals surface area (Å²) in [6, 6.07) is 1.84. The Morgan fingerprint density at radius 1 is 1.44 bits per heavy atom. The van der Waals surface area contributed by atoms with Crippen LogP contribution < -0.4 is 34.7 Å². The Balaban J connectivity index is 0. The van der Waals surface area contributed by atoms with Gasteiger partial charge >= 0.3 is 29.6 Å². The number of hydrogen-bond acceptors (Lipinski definition) is 4. The van der Waals surface area contributed by atoms with Crippen molar-refractivity contribution in [1.82, 2.24) is 0 Å². The molecule has 0 unspecified atom stereocenters. The van der Waals surface area contributed by atoms with Crippen molar-refractivity contribution in [3.05, 3.63) is 19.2 Å². The summed E-state index contributed by atoms with van der Waals surface area (Å²) in [6.45, 7) is 1.72. The van der Waals surface area contributed by atoms with Crippen molar-refractivity contribution in [2.75, 3.05) is 5.75 Å². The maximum absolute atomic E-state index is 10.3. The summed E-state index contributed by atoms with van der Waals surface area (Å²) in [4.78, 5) is 0. The first-order valence-electron chi connectivity index (χ1n) is 4.77. The fourth-order valence-electron chi connectivity index (χ4n) is 0.799. The summed E-state index contributed by atoms with van der Waals surface area (Å²) in [5.41, 5.74) is 0.826. The van der Waals surface area contributed by atoms with Crippen molar-refractivity contribution in [3.8, 4) is 0 Å². The second-order valence-electron chi connectivity index (χ2n) is 3.13. The quantitative estimate of drug-likeness (QED) is 0.529. The molecule has 1 aromatic rings. The number of halogens is 2. The molecule has 0 aliphatic heterocycles. The van der Waals surface area contributed by atoms with E-state index < -0.39 is 10.1 Å². The average Bonchev–Trinajstić information content (AvgIpc) is 2.54. The fraction of sp³-hybridized carbons (Fsp3) is 0.556. The van der Waals surface area contributed by atoms with Crippen LogP contribution >= 0.6 is 43.2 Å². The maximum atomic E-state index is 10.3. The van der Waals surface area contributed by atoms with Crippen molar-refractivity contribution < 1.29 is 47.6 Å². The van der Waals surface area contributed by atoms with Gasteiger partial charge in [-0.25, -0.2) is 0 Å². The minimum Gasteiger partial charge on any atom is -0.851 e. The van der Waals surface area contributed by atoms with Gasteiger partial charge in [-0.15, -0.1) is 17.9 Å². The van der Waals surface area contributed by atoms with Crippen LogP contribution in [0.5, 0.6) is 0 Å². The second kappa shape index (κ2) is 11.2. The Morgan fingerprint density at radius 3 is 2.17 bits per heavy atom. The predicted molar refractivity (Wildman–Crippen MR) is 74.7 cm³/mol. The van der Waals surface area contributed by atoms with Crippen molar-refractivity contribution in [2.24, 2.45) is 0 Å². The van der Waals surface area contributed by atoms with Gasteiger partial charge in [0.2, 0.25) is 0 Å². The fourth-order valence-corrected chi connectivity index (χ4v) is 4.24. The van der Waals surface area contributed by atoms with Crippen molar-refractivity contribution in [2.45, 2.75) is 26.4 Å². The molecule has 0 fully saturated rings. The van der Waals surface area contributed by atoms with Gasteiger partial charge in [-0.05, 0) is 49.9 Å². The van der Waals surface area contributed by atoms with E-state index in [-0.39, 0.29) is 41.9 Å². The first-order valence-corrected chi connectivity index (χ1v) is 8.78. The van der Waals surface area contributed by atoms with Gasteiger partial charge in [0.25, 0.3) is 10.1 Å². The van der Waals surface area contributed by atoms with Gasteiger partial charge in [-0.1, -0.05) is 13.3 Å². The van der Waals surface area contributed by atoms with Crippen LogP contribution in [0.2, 0.25) is 0 Å². The van der Waals surface area contributed by atoms with E-state index in [1.54, 1.807) is 0 Å². The summed E-state index contributed by atoms with van der Waals surface area (Å²) in [5, 5.41) is 10.3. The van der Waals surface area contributed by atoms with E-state index in [1.807, 2.05) is 13.0 Å². The van der Waals surface area contributed by atoms with E-state index in [0.29, 0.717) is 6.42 Å². The molecule has 1 heterocycles. The minimum absolute atomic E-state index is 0. The van der Waals surface area contributed by atoms with Gasteiger partial charge in [0, 0.05) is 0 Å². The number of unbranched alkanes of at least 4 members (excludes halogenated alkanes) is 1. The predicted octanol–water partition coefficient (Wildman–Crippen LogP) is -0.188. The Hall–Kier alpha value is 1.53. The van der Waals surface area contributed by atoms with Crippen LogP contribution in [0, 0.1) is 0 Å². The van der Waals surface area contributed by atoms with Crippen LogP contribution in [-0.2, 0) is 16.7 Å². The largest absolute Gasteiger partial charge is 1.00 e. The molecule has 0 atom stereocenters. The van der Waals surface area contributed by atoms with Gasteiger partial charge in [0.05, 0.1) is 13.3 Å². The van der Waals surface area contributed by atoms with Crippen LogP contribution in [-0.4, -0.2) is 18.7 Å². The zero-order valence-electron chi connectivity index (χ0n) is 10.2. The van der Waals surface area contributed by atoms with Crippen LogP contribution in [0.25, 0.3) is 0 Å². The maximum Gasteiger partial charge on any atom is 1.00 e. The third-order valence-electron chi connectivity index (χ3n) is 1.64. The molecule has 4 nitrogen and oxygen atoms in total. The Labute approximate surface area is 150 Å². The summed E-state index contributed by atoms with van der Waals surface area (Å²) in [7, 11) is -3.69. The van der Waals surface area contributed by atoms with E-state index in [0.717, 1.165) is 19.6 Å². The molecular weight excluding hydrogens is 419 g/mol. The van der Waals surface area contributed by atoms with E-state index in [1.165, 1.54) is 11.3 Å². The van der Waals surface area contributed by atoms with Crippen LogP contribution in [0.15, 0.2) is 13.6 Å². The zero-order valence-corrected chi connectivity index (χ0v) is 17.0. The second-order valence-corrected chi connectivity index (χ2v) is 8.45. The molecule has 0 aromatic carbocycles. The zero-order chi connectivity index (χ0) is 13.5. The molecule has 1 aromatic heterocycles. The molecule has 0 saturated heterocycles. The van der Waals surface area contributed by atoms with E-state index in [9.17, 15) is 13.5 Å². The van der Waals surface area contributed by atoms with Gasteiger partial charge in [0.15, 0.2) is 0 Å². The number of rotatable bonds is 4. The first kappa shape index (κ1) is 21.8. The van der Waals surface area contributed by atoms with Gasteiger partial charge in [-0.3, -0.25) is 4.55 Å². The molecule has 0 spiro atoms. The third-order valence-corrected chi connectivity index (χ3v) is 4.91. The van der Waals surface area contributed by atoms with Gasteiger partial charge < -0.3 is 5.11 Å². The Kier molecular flexibility index (Phi) is 13.6. The molecular formula is C9H13Br2NaO4S2. The molecule has 0 aliphatic rings. The molecule has 1 N–H and O–H groups in total. The summed E-state index contributed by atoms with van der Waals surface area (Å²) >= 11 is 8.07. The molecule has 0 radical (unpaired) electrons. The monoisotopic (exact) mass is 430 g/mol. The summed E-state index contributed by atoms with van der Waals surface area (Å²) in [5.74, 6) is -0.108. The van der Waals surface area contributed by atoms with E-state index >= 15 is 0 Å². The van der Waals surface area contributed by atoms with Crippen molar-refractivity contribution >= 4 is 53.3 Å². The van der Waals surface area contributed by atoms with Gasteiger partial charge in [-0.2, -0.15) is 8.42 Å². The summed E-state index contributed by atoms with van der Waals surface area (Å²) in [6.07, 6.45) is 1.33. The third kappa shape index (κ3) is 11.4. The Bertz CT molecular complexity index is 434. The molecule has 18 heavy (non-hydrogen) atoms. The molecule has 9 heteroatoms. The average molecular weight is 432 g/mol. The van der Waals surface area contributed by atoms with E-state index in [2.05, 4.69) is 31.9 Å². The van der Waals surface area contributed by atoms with Crippen LogP contribution in [0.3, 0.4) is 0 Å². The molecule has 1 rings (SSSR count). The van der Waals surface area contributed by atoms with Crippen molar-refractivity contribution in [1.29, 1.82) is 0 Å². The van der Waals surface area contributed by atoms with Crippen molar-refractivity contribution in [3.63, 3.8) is 0 Å². The normalized spacial score (nSPS) is 10.3. The summed E-state index contributed by atoms with van der Waals surface area (Å²) < 4.78 is 29.9. The smallest absolute Gasteiger partial charge is 0.851 e. The molecule has 0 amide bonds. The number of hydrogen-bond donors (Lipinski definition) is 1. The SMILES string of the molecule is CCCCS(=O)(=O)O.[Na+].[O-]Cc1cc(Br)sc1Br. The van der Waals surface area contributed by atoms with Crippen LogP contribution in [0.1, 0.15) is 25.3 Å². The standard InChI is InChI=1S/C5H3Br2OS.C4H10O3S.Na/c6-4-1-3(2-8)5(7)9-4;1-2-3-4-8(5,6)7;/h1H,2H2;2-4H2,1H3,(H,5,6,7);/q-1;;+1. The molecule has 0 aliphatic carbocycles. The van der Waals surface area contributed by atoms with E-state index in [4.69, 9.17) is 4.55 Å². The number of thiophene rings is 1.